The lowest BCUT2D eigenvalue weighted by Crippen LogP contribution is -2.47. The first-order valence-corrected chi connectivity index (χ1v) is 6.24. The monoisotopic (exact) mass is 211 g/mol. The van der Waals surface area contributed by atoms with Gasteiger partial charge in [-0.15, -0.1) is 0 Å². The summed E-state index contributed by atoms with van der Waals surface area (Å²) in [6.45, 7) is 0.648. The van der Waals surface area contributed by atoms with Crippen LogP contribution in [-0.2, 0) is 4.79 Å². The van der Waals surface area contributed by atoms with E-state index in [1.165, 1.54) is 19.3 Å². The molecule has 0 aromatic rings. The molecule has 2 saturated carbocycles. The van der Waals surface area contributed by atoms with Crippen LogP contribution in [0.2, 0.25) is 0 Å². The van der Waals surface area contributed by atoms with Gasteiger partial charge >= 0.3 is 0 Å². The van der Waals surface area contributed by atoms with Crippen LogP contribution in [0.15, 0.2) is 0 Å². The van der Waals surface area contributed by atoms with E-state index in [0.717, 1.165) is 25.7 Å². The lowest BCUT2D eigenvalue weighted by atomic mass is 9.90. The Morgan fingerprint density at radius 2 is 1.80 bits per heavy atom. The number of hydrogen-bond donors (Lipinski definition) is 1. The van der Waals surface area contributed by atoms with Crippen molar-refractivity contribution >= 4 is 5.91 Å². The summed E-state index contributed by atoms with van der Waals surface area (Å²) < 4.78 is 0. The predicted octanol–water partition coefficient (Wildman–Crippen LogP) is 1.55. The molecule has 2 aliphatic carbocycles. The van der Waals surface area contributed by atoms with Crippen LogP contribution < -0.4 is 0 Å². The number of rotatable bonds is 4. The summed E-state index contributed by atoms with van der Waals surface area (Å²) >= 11 is 0. The normalized spacial score (nSPS) is 22.7. The highest BCUT2D eigenvalue weighted by Crippen LogP contribution is 2.31. The Morgan fingerprint density at radius 1 is 1.13 bits per heavy atom. The molecule has 3 nitrogen and oxygen atoms in total. The van der Waals surface area contributed by atoms with Gasteiger partial charge in [-0.05, 0) is 32.1 Å². The van der Waals surface area contributed by atoms with Crippen LogP contribution in [0.4, 0.5) is 0 Å². The van der Waals surface area contributed by atoms with Gasteiger partial charge in [-0.3, -0.25) is 4.79 Å². The molecular weight excluding hydrogens is 190 g/mol. The van der Waals surface area contributed by atoms with Crippen LogP contribution in [0, 0.1) is 5.92 Å². The van der Waals surface area contributed by atoms with Crippen molar-refractivity contribution in [2.24, 2.45) is 5.92 Å². The highest BCUT2D eigenvalue weighted by atomic mass is 16.3. The number of nitrogens with zero attached hydrogens (tertiary/aromatic N) is 1. The molecule has 2 rings (SSSR count). The van der Waals surface area contributed by atoms with E-state index in [2.05, 4.69) is 0 Å². The molecule has 0 aromatic carbocycles. The molecule has 0 bridgehead atoms. The second-order valence-corrected chi connectivity index (χ2v) is 4.82. The number of aliphatic hydroxyl groups is 1. The molecule has 0 spiro atoms. The maximum absolute atomic E-state index is 12.2. The van der Waals surface area contributed by atoms with Gasteiger partial charge in [0.15, 0.2) is 0 Å². The van der Waals surface area contributed by atoms with Crippen molar-refractivity contribution in [1.82, 2.24) is 4.90 Å². The van der Waals surface area contributed by atoms with E-state index in [1.807, 2.05) is 4.90 Å². The zero-order valence-electron chi connectivity index (χ0n) is 9.32. The zero-order chi connectivity index (χ0) is 10.7. The Hall–Kier alpha value is -0.570. The van der Waals surface area contributed by atoms with E-state index in [9.17, 15) is 4.79 Å². The van der Waals surface area contributed by atoms with Crippen LogP contribution in [0.5, 0.6) is 0 Å². The molecule has 1 N–H and O–H groups in total. The summed E-state index contributed by atoms with van der Waals surface area (Å²) in [5, 5.41) is 9.00. The number of hydrogen-bond acceptors (Lipinski definition) is 2. The first-order chi connectivity index (χ1) is 7.33. The maximum Gasteiger partial charge on any atom is 0.226 e. The Bertz CT molecular complexity index is 220. The highest BCUT2D eigenvalue weighted by Gasteiger charge is 2.33. The zero-order valence-corrected chi connectivity index (χ0v) is 9.32. The van der Waals surface area contributed by atoms with Crippen molar-refractivity contribution in [3.05, 3.63) is 0 Å². The fraction of sp³-hybridized carbons (Fsp3) is 0.917. The van der Waals surface area contributed by atoms with Gasteiger partial charge in [-0.25, -0.2) is 0 Å². The molecule has 2 aliphatic rings. The van der Waals surface area contributed by atoms with Gasteiger partial charge in [0.25, 0.3) is 0 Å². The smallest absolute Gasteiger partial charge is 0.226 e. The standard InChI is InChI=1S/C12H21NO2/c14-9-8-13(11-6-3-7-11)12(15)10-4-1-2-5-10/h10-11,14H,1-9H2. The fourth-order valence-corrected chi connectivity index (χ4v) is 2.69. The highest BCUT2D eigenvalue weighted by molar-refractivity contribution is 5.79. The first kappa shape index (κ1) is 10.9. The molecular formula is C12H21NO2. The SMILES string of the molecule is O=C(C1CCCC1)N(CCO)C1CCC1. The lowest BCUT2D eigenvalue weighted by Gasteiger charge is -2.38. The first-order valence-electron chi connectivity index (χ1n) is 6.24. The van der Waals surface area contributed by atoms with Gasteiger partial charge in [0.2, 0.25) is 5.91 Å². The summed E-state index contributed by atoms with van der Waals surface area (Å²) in [6.07, 6.45) is 8.05. The van der Waals surface area contributed by atoms with E-state index in [-0.39, 0.29) is 12.5 Å². The molecule has 0 aliphatic heterocycles. The number of carbonyl (C=O) groups is 1. The summed E-state index contributed by atoms with van der Waals surface area (Å²) in [5.41, 5.74) is 0. The second-order valence-electron chi connectivity index (χ2n) is 4.82. The molecule has 15 heavy (non-hydrogen) atoms. The molecule has 1 amide bonds. The lowest BCUT2D eigenvalue weighted by molar-refractivity contribution is -0.140. The topological polar surface area (TPSA) is 40.5 Å². The van der Waals surface area contributed by atoms with Crippen molar-refractivity contribution < 1.29 is 9.90 Å². The van der Waals surface area contributed by atoms with Crippen molar-refractivity contribution in [3.63, 3.8) is 0 Å². The van der Waals surface area contributed by atoms with E-state index in [0.29, 0.717) is 18.5 Å². The van der Waals surface area contributed by atoms with Crippen LogP contribution in [-0.4, -0.2) is 35.1 Å². The van der Waals surface area contributed by atoms with E-state index < -0.39 is 0 Å². The summed E-state index contributed by atoms with van der Waals surface area (Å²) in [6, 6.07) is 0.435. The Kier molecular flexibility index (Phi) is 3.62. The Labute approximate surface area is 91.5 Å². The molecule has 0 saturated heterocycles. The predicted molar refractivity (Wildman–Crippen MR) is 58.4 cm³/mol. The summed E-state index contributed by atoms with van der Waals surface area (Å²) in [4.78, 5) is 14.1. The molecule has 0 heterocycles. The van der Waals surface area contributed by atoms with E-state index in [1.54, 1.807) is 0 Å². The second kappa shape index (κ2) is 4.97. The van der Waals surface area contributed by atoms with Crippen LogP contribution in [0.25, 0.3) is 0 Å². The minimum atomic E-state index is 0.106. The molecule has 0 unspecified atom stereocenters. The maximum atomic E-state index is 12.2. The van der Waals surface area contributed by atoms with Crippen molar-refractivity contribution in [3.8, 4) is 0 Å². The third kappa shape index (κ3) is 2.33. The molecule has 2 fully saturated rings. The van der Waals surface area contributed by atoms with E-state index in [4.69, 9.17) is 5.11 Å². The Morgan fingerprint density at radius 3 is 2.27 bits per heavy atom. The Balaban J connectivity index is 1.92. The van der Waals surface area contributed by atoms with Gasteiger partial charge < -0.3 is 10.0 Å². The number of amides is 1. The fourth-order valence-electron chi connectivity index (χ4n) is 2.69. The van der Waals surface area contributed by atoms with Crippen molar-refractivity contribution in [2.75, 3.05) is 13.2 Å². The van der Waals surface area contributed by atoms with E-state index >= 15 is 0 Å². The van der Waals surface area contributed by atoms with Crippen molar-refractivity contribution in [2.45, 2.75) is 51.0 Å². The third-order valence-electron chi connectivity index (χ3n) is 3.84. The van der Waals surface area contributed by atoms with Crippen LogP contribution in [0.3, 0.4) is 0 Å². The molecule has 0 atom stereocenters. The number of aliphatic hydroxyl groups excluding tert-OH is 1. The minimum absolute atomic E-state index is 0.106. The van der Waals surface area contributed by atoms with Gasteiger partial charge in [-0.2, -0.15) is 0 Å². The summed E-state index contributed by atoms with van der Waals surface area (Å²) in [7, 11) is 0. The largest absolute Gasteiger partial charge is 0.395 e. The van der Waals surface area contributed by atoms with Crippen LogP contribution >= 0.6 is 0 Å². The summed E-state index contributed by atoms with van der Waals surface area (Å²) in [5.74, 6) is 0.573. The molecule has 0 aromatic heterocycles. The molecule has 86 valence electrons. The average molecular weight is 211 g/mol. The third-order valence-corrected chi connectivity index (χ3v) is 3.84. The minimum Gasteiger partial charge on any atom is -0.395 e. The van der Waals surface area contributed by atoms with Gasteiger partial charge in [0.1, 0.15) is 0 Å². The van der Waals surface area contributed by atoms with Gasteiger partial charge in [0, 0.05) is 18.5 Å². The average Bonchev–Trinajstić information content (AvgIpc) is 2.66. The number of carbonyl (C=O) groups excluding carboxylic acids is 1. The van der Waals surface area contributed by atoms with Crippen molar-refractivity contribution in [1.29, 1.82) is 0 Å². The quantitative estimate of drug-likeness (QED) is 0.766. The van der Waals surface area contributed by atoms with Crippen LogP contribution in [0.1, 0.15) is 44.9 Å². The van der Waals surface area contributed by atoms with Gasteiger partial charge in [0.05, 0.1) is 6.61 Å². The molecule has 3 heteroatoms. The van der Waals surface area contributed by atoms with Gasteiger partial charge in [-0.1, -0.05) is 12.8 Å². The molecule has 0 radical (unpaired) electrons.